The number of aryl methyl sites for hydroxylation is 1. The molecule has 1 N–H and O–H groups in total. The fourth-order valence-corrected chi connectivity index (χ4v) is 3.41. The van der Waals surface area contributed by atoms with Crippen LogP contribution in [-0.2, 0) is 6.42 Å². The number of rotatable bonds is 7. The number of carbonyl (C=O) groups is 1. The quantitative estimate of drug-likeness (QED) is 0.451. The van der Waals surface area contributed by atoms with Crippen molar-refractivity contribution in [2.75, 3.05) is 0 Å². The minimum Gasteiger partial charge on any atom is -0.379 e. The normalized spacial score (nSPS) is 10.8. The van der Waals surface area contributed by atoms with Crippen LogP contribution >= 0.6 is 0 Å². The van der Waals surface area contributed by atoms with Gasteiger partial charge in [-0.15, -0.1) is 0 Å². The van der Waals surface area contributed by atoms with Gasteiger partial charge in [-0.3, -0.25) is 4.79 Å². The highest BCUT2D eigenvalue weighted by atomic mass is 16.7. The number of unbranched alkanes of at least 4 members (excludes halogenated alkanes) is 1. The van der Waals surface area contributed by atoms with E-state index < -0.39 is 0 Å². The molecule has 0 bridgehead atoms. The van der Waals surface area contributed by atoms with Gasteiger partial charge in [-0.2, -0.15) is 5.48 Å². The Balaban J connectivity index is 1.54. The van der Waals surface area contributed by atoms with Crippen LogP contribution < -0.4 is 10.3 Å². The summed E-state index contributed by atoms with van der Waals surface area (Å²) in [6, 6.07) is 19.5. The van der Waals surface area contributed by atoms with E-state index in [4.69, 9.17) is 4.84 Å². The summed E-state index contributed by atoms with van der Waals surface area (Å²) in [6.45, 7) is 2.15. The van der Waals surface area contributed by atoms with Gasteiger partial charge < -0.3 is 9.40 Å². The van der Waals surface area contributed by atoms with Gasteiger partial charge in [0.2, 0.25) is 0 Å². The van der Waals surface area contributed by atoms with Gasteiger partial charge in [0.25, 0.3) is 5.91 Å². The van der Waals surface area contributed by atoms with Crippen LogP contribution in [-0.4, -0.2) is 15.5 Å². The predicted molar refractivity (Wildman–Crippen MR) is 114 cm³/mol. The largest absolute Gasteiger partial charge is 0.379 e. The fraction of sp³-hybridized carbons (Fsp3) is 0.167. The summed E-state index contributed by atoms with van der Waals surface area (Å²) in [4.78, 5) is 22.6. The summed E-state index contributed by atoms with van der Waals surface area (Å²) in [6.07, 6.45) is 8.31. The van der Waals surface area contributed by atoms with Crippen molar-refractivity contribution in [2.45, 2.75) is 26.2 Å². The number of nitrogens with zero attached hydrogens (tertiary/aromatic N) is 2. The average Bonchev–Trinajstić information content (AvgIpc) is 3.31. The lowest BCUT2D eigenvalue weighted by molar-refractivity contribution is 0.0761. The molecule has 0 radical (unpaired) electrons. The van der Waals surface area contributed by atoms with Gasteiger partial charge in [0.15, 0.2) is 5.75 Å². The van der Waals surface area contributed by atoms with E-state index in [1.165, 1.54) is 0 Å². The highest BCUT2D eigenvalue weighted by molar-refractivity contribution is 6.08. The number of hydrogen-bond donors (Lipinski definition) is 1. The molecule has 1 amide bonds. The maximum atomic E-state index is 13.0. The first-order chi connectivity index (χ1) is 14.3. The summed E-state index contributed by atoms with van der Waals surface area (Å²) in [5.74, 6) is 0.337. The maximum Gasteiger partial charge on any atom is 0.284 e. The predicted octanol–water partition coefficient (Wildman–Crippen LogP) is 5.09. The molecule has 0 atom stereocenters. The van der Waals surface area contributed by atoms with E-state index in [1.807, 2.05) is 65.4 Å². The van der Waals surface area contributed by atoms with Crippen molar-refractivity contribution in [3.63, 3.8) is 0 Å². The summed E-state index contributed by atoms with van der Waals surface area (Å²) >= 11 is 0. The zero-order valence-corrected chi connectivity index (χ0v) is 16.3. The lowest BCUT2D eigenvalue weighted by atomic mass is 9.95. The molecule has 29 heavy (non-hydrogen) atoms. The van der Waals surface area contributed by atoms with Crippen LogP contribution in [0.1, 0.15) is 35.7 Å². The molecule has 0 fully saturated rings. The number of fused-ring (bicyclic) bond motifs is 1. The Morgan fingerprint density at radius 1 is 1.07 bits per heavy atom. The third-order valence-corrected chi connectivity index (χ3v) is 4.94. The number of hydroxylamine groups is 1. The van der Waals surface area contributed by atoms with Crippen molar-refractivity contribution < 1.29 is 9.63 Å². The molecule has 5 heteroatoms. The zero-order chi connectivity index (χ0) is 20.1. The van der Waals surface area contributed by atoms with Crippen molar-refractivity contribution in [3.05, 3.63) is 90.5 Å². The standard InChI is InChI=1S/C24H23N3O2/c1-2-3-6-19-10-9-18-7-4-5-8-22(18)23(19)24(28)26-29-21-13-11-20(12-14-21)27-16-15-25-17-27/h4-5,7-17H,2-3,6H2,1H3,(H,26,28). The van der Waals surface area contributed by atoms with Crippen LogP contribution in [0.3, 0.4) is 0 Å². The van der Waals surface area contributed by atoms with E-state index in [-0.39, 0.29) is 5.91 Å². The van der Waals surface area contributed by atoms with Crippen molar-refractivity contribution in [1.29, 1.82) is 0 Å². The Kier molecular flexibility index (Phi) is 5.56. The second kappa shape index (κ2) is 8.61. The Morgan fingerprint density at radius 2 is 1.90 bits per heavy atom. The maximum absolute atomic E-state index is 13.0. The smallest absolute Gasteiger partial charge is 0.284 e. The molecular formula is C24H23N3O2. The van der Waals surface area contributed by atoms with Gasteiger partial charge in [0.1, 0.15) is 0 Å². The highest BCUT2D eigenvalue weighted by Gasteiger charge is 2.16. The van der Waals surface area contributed by atoms with E-state index >= 15 is 0 Å². The number of aromatic nitrogens is 2. The van der Waals surface area contributed by atoms with E-state index in [1.54, 1.807) is 12.5 Å². The third kappa shape index (κ3) is 4.14. The van der Waals surface area contributed by atoms with E-state index in [9.17, 15) is 4.79 Å². The topological polar surface area (TPSA) is 56.1 Å². The summed E-state index contributed by atoms with van der Waals surface area (Å²) in [7, 11) is 0. The number of nitrogens with one attached hydrogen (secondary N) is 1. The van der Waals surface area contributed by atoms with Crippen molar-refractivity contribution >= 4 is 16.7 Å². The van der Waals surface area contributed by atoms with Gasteiger partial charge in [0.05, 0.1) is 11.9 Å². The Labute approximate surface area is 169 Å². The van der Waals surface area contributed by atoms with Gasteiger partial charge in [-0.25, -0.2) is 4.98 Å². The van der Waals surface area contributed by atoms with Crippen molar-refractivity contribution in [3.8, 4) is 11.4 Å². The molecule has 0 saturated carbocycles. The molecule has 0 aliphatic heterocycles. The molecule has 4 rings (SSSR count). The SMILES string of the molecule is CCCCc1ccc2ccccc2c1C(=O)NOc1ccc(-n2ccnc2)cc1. The minimum absolute atomic E-state index is 0.230. The van der Waals surface area contributed by atoms with E-state index in [0.29, 0.717) is 11.3 Å². The molecule has 0 unspecified atom stereocenters. The van der Waals surface area contributed by atoms with E-state index in [0.717, 1.165) is 41.3 Å². The second-order valence-corrected chi connectivity index (χ2v) is 6.92. The Morgan fingerprint density at radius 3 is 2.66 bits per heavy atom. The van der Waals surface area contributed by atoms with Crippen LogP contribution in [0.2, 0.25) is 0 Å². The van der Waals surface area contributed by atoms with Crippen LogP contribution in [0.5, 0.6) is 5.75 Å². The molecule has 1 aromatic heterocycles. The summed E-state index contributed by atoms with van der Waals surface area (Å²) in [5, 5.41) is 1.99. The Bertz CT molecular complexity index is 1100. The minimum atomic E-state index is -0.230. The molecule has 0 spiro atoms. The number of hydrogen-bond acceptors (Lipinski definition) is 3. The van der Waals surface area contributed by atoms with Gasteiger partial charge in [-0.1, -0.05) is 49.7 Å². The summed E-state index contributed by atoms with van der Waals surface area (Å²) in [5.41, 5.74) is 5.32. The Hall–Kier alpha value is -3.60. The third-order valence-electron chi connectivity index (χ3n) is 4.94. The first kappa shape index (κ1) is 18.7. The number of amides is 1. The summed E-state index contributed by atoms with van der Waals surface area (Å²) < 4.78 is 1.90. The van der Waals surface area contributed by atoms with Crippen molar-refractivity contribution in [2.24, 2.45) is 0 Å². The van der Waals surface area contributed by atoms with Crippen LogP contribution in [0.15, 0.2) is 79.4 Å². The van der Waals surface area contributed by atoms with E-state index in [2.05, 4.69) is 23.5 Å². The lowest BCUT2D eigenvalue weighted by Crippen LogP contribution is -2.28. The molecule has 0 aliphatic rings. The van der Waals surface area contributed by atoms with Gasteiger partial charge in [-0.05, 0) is 53.4 Å². The van der Waals surface area contributed by atoms with Crippen LogP contribution in [0.4, 0.5) is 0 Å². The van der Waals surface area contributed by atoms with Crippen LogP contribution in [0.25, 0.3) is 16.5 Å². The molecular weight excluding hydrogens is 362 g/mol. The molecule has 1 heterocycles. The number of imidazole rings is 1. The molecule has 3 aromatic carbocycles. The zero-order valence-electron chi connectivity index (χ0n) is 16.3. The fourth-order valence-electron chi connectivity index (χ4n) is 3.41. The molecule has 0 saturated heterocycles. The van der Waals surface area contributed by atoms with Crippen LogP contribution in [0, 0.1) is 0 Å². The molecule has 0 aliphatic carbocycles. The number of benzene rings is 3. The molecule has 4 aromatic rings. The first-order valence-corrected chi connectivity index (χ1v) is 9.82. The average molecular weight is 385 g/mol. The van der Waals surface area contributed by atoms with Crippen molar-refractivity contribution in [1.82, 2.24) is 15.0 Å². The highest BCUT2D eigenvalue weighted by Crippen LogP contribution is 2.24. The van der Waals surface area contributed by atoms with Gasteiger partial charge in [0, 0.05) is 18.1 Å². The second-order valence-electron chi connectivity index (χ2n) is 6.92. The molecule has 146 valence electrons. The number of carbonyl (C=O) groups excluding carboxylic acids is 1. The molecule has 5 nitrogen and oxygen atoms in total. The van der Waals surface area contributed by atoms with Gasteiger partial charge >= 0.3 is 0 Å². The monoisotopic (exact) mass is 385 g/mol. The lowest BCUT2D eigenvalue weighted by Gasteiger charge is -2.14. The first-order valence-electron chi connectivity index (χ1n) is 9.82.